The van der Waals surface area contributed by atoms with Crippen LogP contribution in [0.3, 0.4) is 0 Å². The summed E-state index contributed by atoms with van der Waals surface area (Å²) < 4.78 is 0. The molecule has 0 spiro atoms. The summed E-state index contributed by atoms with van der Waals surface area (Å²) in [6.07, 6.45) is 1.13. The van der Waals surface area contributed by atoms with Gasteiger partial charge in [-0.1, -0.05) is 13.8 Å². The van der Waals surface area contributed by atoms with Crippen LogP contribution in [0.4, 0.5) is 11.4 Å². The molecule has 0 aliphatic heterocycles. The van der Waals surface area contributed by atoms with Crippen molar-refractivity contribution in [2.24, 2.45) is 0 Å². The van der Waals surface area contributed by atoms with Gasteiger partial charge in [-0.2, -0.15) is 0 Å². The maximum Gasteiger partial charge on any atom is 0.251 e. The third kappa shape index (κ3) is 5.27. The number of amides is 1. The molecule has 3 N–H and O–H groups in total. The molecule has 0 heterocycles. The fraction of sp³-hybridized carbons (Fsp3) is 0.562. The minimum absolute atomic E-state index is 0.0699. The molecule has 0 bridgehead atoms. The van der Waals surface area contributed by atoms with Gasteiger partial charge in [-0.05, 0) is 37.7 Å². The summed E-state index contributed by atoms with van der Waals surface area (Å²) in [6, 6.07) is 5.42. The molecule has 0 aromatic heterocycles. The molecule has 0 aliphatic rings. The van der Waals surface area contributed by atoms with Crippen molar-refractivity contribution in [1.29, 1.82) is 0 Å². The molecule has 0 saturated heterocycles. The van der Waals surface area contributed by atoms with Gasteiger partial charge in [0.1, 0.15) is 0 Å². The van der Waals surface area contributed by atoms with Gasteiger partial charge < -0.3 is 20.9 Å². The van der Waals surface area contributed by atoms with Crippen LogP contribution >= 0.6 is 0 Å². The summed E-state index contributed by atoms with van der Waals surface area (Å²) in [6.45, 7) is 7.91. The summed E-state index contributed by atoms with van der Waals surface area (Å²) >= 11 is 0. The van der Waals surface area contributed by atoms with Crippen molar-refractivity contribution >= 4 is 17.3 Å². The number of anilines is 2. The highest BCUT2D eigenvalue weighted by molar-refractivity contribution is 5.96. The highest BCUT2D eigenvalue weighted by atomic mass is 16.1. The van der Waals surface area contributed by atoms with Crippen molar-refractivity contribution in [2.45, 2.75) is 20.3 Å². The Morgan fingerprint density at radius 3 is 2.48 bits per heavy atom. The number of carbonyl (C=O) groups is 1. The molecule has 0 radical (unpaired) electrons. The minimum atomic E-state index is -0.0699. The maximum absolute atomic E-state index is 12.1. The summed E-state index contributed by atoms with van der Waals surface area (Å²) in [7, 11) is 3.86. The fourth-order valence-corrected chi connectivity index (χ4v) is 2.28. The second-order valence-electron chi connectivity index (χ2n) is 5.36. The van der Waals surface area contributed by atoms with Gasteiger partial charge >= 0.3 is 0 Å². The largest absolute Gasteiger partial charge is 0.397 e. The maximum atomic E-state index is 12.1. The molecule has 5 nitrogen and oxygen atoms in total. The van der Waals surface area contributed by atoms with Crippen molar-refractivity contribution in [3.05, 3.63) is 23.8 Å². The lowest BCUT2D eigenvalue weighted by atomic mass is 10.1. The first-order chi connectivity index (χ1) is 9.99. The Hall–Kier alpha value is -1.75. The quantitative estimate of drug-likeness (QED) is 0.717. The summed E-state index contributed by atoms with van der Waals surface area (Å²) in [5.41, 5.74) is 8.12. The average Bonchev–Trinajstić information content (AvgIpc) is 2.45. The summed E-state index contributed by atoms with van der Waals surface area (Å²) in [5, 5.41) is 2.95. The first-order valence-electron chi connectivity index (χ1n) is 7.57. The number of rotatable bonds is 8. The average molecular weight is 292 g/mol. The van der Waals surface area contributed by atoms with Crippen LogP contribution in [0, 0.1) is 0 Å². The van der Waals surface area contributed by atoms with E-state index in [0.717, 1.165) is 31.7 Å². The second-order valence-corrected chi connectivity index (χ2v) is 5.36. The number of likely N-dealkylation sites (N-methyl/N-ethyl adjacent to an activating group) is 1. The van der Waals surface area contributed by atoms with Crippen molar-refractivity contribution < 1.29 is 4.79 Å². The van der Waals surface area contributed by atoms with Crippen LogP contribution in [0.15, 0.2) is 18.2 Å². The first kappa shape index (κ1) is 17.3. The molecular weight excluding hydrogens is 264 g/mol. The summed E-state index contributed by atoms with van der Waals surface area (Å²) in [5.74, 6) is -0.0699. The highest BCUT2D eigenvalue weighted by Gasteiger charge is 2.09. The third-order valence-electron chi connectivity index (χ3n) is 3.47. The van der Waals surface area contributed by atoms with E-state index < -0.39 is 0 Å². The molecule has 1 rings (SSSR count). The lowest BCUT2D eigenvalue weighted by molar-refractivity contribution is 0.0948. The zero-order valence-electron chi connectivity index (χ0n) is 13.6. The molecule has 0 aliphatic carbocycles. The number of hydrogen-bond acceptors (Lipinski definition) is 4. The van der Waals surface area contributed by atoms with Crippen LogP contribution in [0.5, 0.6) is 0 Å². The van der Waals surface area contributed by atoms with Crippen LogP contribution < -0.4 is 16.0 Å². The van der Waals surface area contributed by atoms with E-state index in [1.165, 1.54) is 0 Å². The van der Waals surface area contributed by atoms with Crippen molar-refractivity contribution in [3.63, 3.8) is 0 Å². The van der Waals surface area contributed by atoms with Gasteiger partial charge in [-0.3, -0.25) is 4.79 Å². The minimum Gasteiger partial charge on any atom is -0.397 e. The lowest BCUT2D eigenvalue weighted by Gasteiger charge is -2.19. The number of hydrogen-bond donors (Lipinski definition) is 2. The summed E-state index contributed by atoms with van der Waals surface area (Å²) in [4.78, 5) is 16.4. The lowest BCUT2D eigenvalue weighted by Crippen LogP contribution is -2.35. The first-order valence-corrected chi connectivity index (χ1v) is 7.57. The number of nitrogens with one attached hydrogen (secondary N) is 1. The molecule has 0 unspecified atom stereocenters. The van der Waals surface area contributed by atoms with Gasteiger partial charge in [-0.15, -0.1) is 0 Å². The molecule has 0 saturated carbocycles. The topological polar surface area (TPSA) is 61.6 Å². The van der Waals surface area contributed by atoms with Gasteiger partial charge in [-0.25, -0.2) is 0 Å². The van der Waals surface area contributed by atoms with Crippen LogP contribution in [-0.2, 0) is 0 Å². The van der Waals surface area contributed by atoms with Gasteiger partial charge in [0.05, 0.1) is 11.4 Å². The fourth-order valence-electron chi connectivity index (χ4n) is 2.28. The third-order valence-corrected chi connectivity index (χ3v) is 3.47. The molecule has 0 fully saturated rings. The highest BCUT2D eigenvalue weighted by Crippen LogP contribution is 2.22. The monoisotopic (exact) mass is 292 g/mol. The number of benzene rings is 1. The van der Waals surface area contributed by atoms with Crippen molar-refractivity contribution in [1.82, 2.24) is 10.2 Å². The molecule has 5 heteroatoms. The van der Waals surface area contributed by atoms with Gasteiger partial charge in [0, 0.05) is 32.7 Å². The van der Waals surface area contributed by atoms with Crippen LogP contribution in [0.25, 0.3) is 0 Å². The van der Waals surface area contributed by atoms with Crippen LogP contribution in [0.2, 0.25) is 0 Å². The van der Waals surface area contributed by atoms with Crippen LogP contribution in [0.1, 0.15) is 30.6 Å². The standard InChI is InChI=1S/C16H28N4O/c1-5-10-20(6-2)11-9-18-16(21)13-7-8-15(19(3)4)14(17)12-13/h7-8,12H,5-6,9-11,17H2,1-4H3,(H,18,21). The SMILES string of the molecule is CCCN(CC)CCNC(=O)c1ccc(N(C)C)c(N)c1. The van der Waals surface area contributed by atoms with E-state index in [-0.39, 0.29) is 5.91 Å². The Bertz CT molecular complexity index is 460. The van der Waals surface area contributed by atoms with Crippen molar-refractivity contribution in [2.75, 3.05) is 50.9 Å². The molecule has 1 aromatic rings. The molecule has 118 valence electrons. The molecule has 1 amide bonds. The van der Waals surface area contributed by atoms with E-state index in [0.29, 0.717) is 17.8 Å². The Kier molecular flexibility index (Phi) is 7.02. The number of carbonyl (C=O) groups excluding carboxylic acids is 1. The number of nitrogen functional groups attached to an aromatic ring is 1. The van der Waals surface area contributed by atoms with Crippen LogP contribution in [-0.4, -0.2) is 51.1 Å². The molecular formula is C16H28N4O. The van der Waals surface area contributed by atoms with Gasteiger partial charge in [0.25, 0.3) is 5.91 Å². The zero-order chi connectivity index (χ0) is 15.8. The number of nitrogens with zero attached hydrogens (tertiary/aromatic N) is 2. The van der Waals surface area contributed by atoms with E-state index in [9.17, 15) is 4.79 Å². The Morgan fingerprint density at radius 1 is 1.24 bits per heavy atom. The number of nitrogens with two attached hydrogens (primary N) is 1. The Labute approximate surface area is 128 Å². The van der Waals surface area contributed by atoms with E-state index in [2.05, 4.69) is 24.1 Å². The molecule has 1 aromatic carbocycles. The second kappa shape index (κ2) is 8.52. The predicted octanol–water partition coefficient (Wildman–Crippen LogP) is 1.80. The predicted molar refractivity (Wildman–Crippen MR) is 89.9 cm³/mol. The zero-order valence-corrected chi connectivity index (χ0v) is 13.6. The van der Waals surface area contributed by atoms with E-state index in [1.807, 2.05) is 31.1 Å². The van der Waals surface area contributed by atoms with E-state index in [1.54, 1.807) is 6.07 Å². The Morgan fingerprint density at radius 2 is 1.95 bits per heavy atom. The molecule has 0 atom stereocenters. The van der Waals surface area contributed by atoms with E-state index >= 15 is 0 Å². The van der Waals surface area contributed by atoms with Crippen molar-refractivity contribution in [3.8, 4) is 0 Å². The van der Waals surface area contributed by atoms with E-state index in [4.69, 9.17) is 5.73 Å². The smallest absolute Gasteiger partial charge is 0.251 e. The van der Waals surface area contributed by atoms with Gasteiger partial charge in [0.15, 0.2) is 0 Å². The molecule has 21 heavy (non-hydrogen) atoms. The Balaban J connectivity index is 2.54. The normalized spacial score (nSPS) is 10.7. The van der Waals surface area contributed by atoms with Gasteiger partial charge in [0.2, 0.25) is 0 Å².